The lowest BCUT2D eigenvalue weighted by atomic mass is 9.98. The van der Waals surface area contributed by atoms with Crippen LogP contribution < -0.4 is 5.32 Å². The number of nitrogens with zero attached hydrogens (tertiary/aromatic N) is 2. The van der Waals surface area contributed by atoms with Gasteiger partial charge in [-0.2, -0.15) is 5.10 Å². The van der Waals surface area contributed by atoms with Crippen LogP contribution in [0.1, 0.15) is 31.7 Å². The van der Waals surface area contributed by atoms with E-state index in [1.165, 1.54) is 37.8 Å². The highest BCUT2D eigenvalue weighted by atomic mass is 15.2. The Morgan fingerprint density at radius 2 is 2.33 bits per heavy atom. The molecule has 1 aliphatic rings. The molecule has 0 aromatic carbocycles. The van der Waals surface area contributed by atoms with Crippen molar-refractivity contribution >= 4 is 0 Å². The van der Waals surface area contributed by atoms with Gasteiger partial charge in [-0.15, -0.1) is 0 Å². The number of hydrogen-bond acceptors (Lipinski definition) is 2. The van der Waals surface area contributed by atoms with Gasteiger partial charge in [-0.3, -0.25) is 4.68 Å². The van der Waals surface area contributed by atoms with Gasteiger partial charge in [0.25, 0.3) is 0 Å². The summed E-state index contributed by atoms with van der Waals surface area (Å²) in [5.74, 6) is 0. The Morgan fingerprint density at radius 1 is 1.53 bits per heavy atom. The minimum Gasteiger partial charge on any atom is -0.316 e. The Kier molecular flexibility index (Phi) is 3.10. The first-order valence-corrected chi connectivity index (χ1v) is 5.92. The summed E-state index contributed by atoms with van der Waals surface area (Å²) in [4.78, 5) is 0. The lowest BCUT2D eigenvalue weighted by molar-refractivity contribution is 0.432. The predicted octanol–water partition coefficient (Wildman–Crippen LogP) is 1.74. The zero-order chi connectivity index (χ0) is 10.7. The molecule has 1 aliphatic carbocycles. The number of rotatable bonds is 6. The molecule has 1 fully saturated rings. The molecule has 1 aromatic rings. The Balaban J connectivity index is 1.78. The van der Waals surface area contributed by atoms with Crippen molar-refractivity contribution in [1.29, 1.82) is 0 Å². The topological polar surface area (TPSA) is 29.9 Å². The van der Waals surface area contributed by atoms with E-state index in [4.69, 9.17) is 0 Å². The molecule has 0 radical (unpaired) electrons. The molecule has 3 heteroatoms. The fourth-order valence-corrected chi connectivity index (χ4v) is 2.09. The second-order valence-corrected chi connectivity index (χ2v) is 4.80. The van der Waals surface area contributed by atoms with E-state index in [2.05, 4.69) is 23.5 Å². The molecule has 84 valence electrons. The Morgan fingerprint density at radius 3 is 2.87 bits per heavy atom. The molecule has 1 N–H and O–H groups in total. The van der Waals surface area contributed by atoms with E-state index < -0.39 is 0 Å². The number of hydrogen-bond donors (Lipinski definition) is 1. The average molecular weight is 207 g/mol. The maximum absolute atomic E-state index is 4.20. The molecule has 1 saturated carbocycles. The van der Waals surface area contributed by atoms with Gasteiger partial charge in [0.15, 0.2) is 0 Å². The summed E-state index contributed by atoms with van der Waals surface area (Å²) >= 11 is 0. The fraction of sp³-hybridized carbons (Fsp3) is 0.750. The van der Waals surface area contributed by atoms with E-state index in [0.717, 1.165) is 6.54 Å². The van der Waals surface area contributed by atoms with Gasteiger partial charge in [-0.1, -0.05) is 6.92 Å². The highest BCUT2D eigenvalue weighted by Crippen LogP contribution is 2.48. The van der Waals surface area contributed by atoms with Crippen LogP contribution in [-0.2, 0) is 13.5 Å². The van der Waals surface area contributed by atoms with Gasteiger partial charge in [-0.25, -0.2) is 0 Å². The van der Waals surface area contributed by atoms with Crippen molar-refractivity contribution in [3.63, 3.8) is 0 Å². The molecule has 0 bridgehead atoms. The second kappa shape index (κ2) is 4.35. The van der Waals surface area contributed by atoms with Crippen LogP contribution in [0.25, 0.3) is 0 Å². The smallest absolute Gasteiger partial charge is 0.0521 e. The van der Waals surface area contributed by atoms with Gasteiger partial charge in [0, 0.05) is 19.8 Å². The first-order chi connectivity index (χ1) is 7.24. The van der Waals surface area contributed by atoms with Gasteiger partial charge in [0.1, 0.15) is 0 Å². The van der Waals surface area contributed by atoms with Crippen LogP contribution in [0.2, 0.25) is 0 Å². The maximum Gasteiger partial charge on any atom is 0.0521 e. The summed E-state index contributed by atoms with van der Waals surface area (Å²) in [6.45, 7) is 4.47. The molecule has 15 heavy (non-hydrogen) atoms. The zero-order valence-electron chi connectivity index (χ0n) is 9.79. The third-order valence-electron chi connectivity index (χ3n) is 3.41. The highest BCUT2D eigenvalue weighted by molar-refractivity contribution is 5.06. The SMILES string of the molecule is CCNCC1(CCc2cnn(C)c2)CC1. The van der Waals surface area contributed by atoms with E-state index in [0.29, 0.717) is 5.41 Å². The van der Waals surface area contributed by atoms with Crippen molar-refractivity contribution in [2.24, 2.45) is 12.5 Å². The highest BCUT2D eigenvalue weighted by Gasteiger charge is 2.41. The first-order valence-electron chi connectivity index (χ1n) is 5.92. The van der Waals surface area contributed by atoms with E-state index in [1.807, 2.05) is 17.9 Å². The van der Waals surface area contributed by atoms with Crippen LogP contribution in [0.5, 0.6) is 0 Å². The first kappa shape index (κ1) is 10.7. The van der Waals surface area contributed by atoms with Gasteiger partial charge in [0.05, 0.1) is 6.20 Å². The van der Waals surface area contributed by atoms with Crippen LogP contribution >= 0.6 is 0 Å². The van der Waals surface area contributed by atoms with Gasteiger partial charge < -0.3 is 5.32 Å². The summed E-state index contributed by atoms with van der Waals surface area (Å²) < 4.78 is 1.89. The van der Waals surface area contributed by atoms with E-state index in [-0.39, 0.29) is 0 Å². The Hall–Kier alpha value is -0.830. The van der Waals surface area contributed by atoms with E-state index in [1.54, 1.807) is 0 Å². The molecular weight excluding hydrogens is 186 g/mol. The summed E-state index contributed by atoms with van der Waals surface area (Å²) in [7, 11) is 1.98. The lowest BCUT2D eigenvalue weighted by Gasteiger charge is -2.14. The van der Waals surface area contributed by atoms with Crippen molar-refractivity contribution in [2.45, 2.75) is 32.6 Å². The standard InChI is InChI=1S/C12H21N3/c1-3-13-10-12(6-7-12)5-4-11-8-14-15(2)9-11/h8-9,13H,3-7,10H2,1-2H3. The number of nitrogens with one attached hydrogen (secondary N) is 1. The second-order valence-electron chi connectivity index (χ2n) is 4.80. The van der Waals surface area contributed by atoms with Crippen molar-refractivity contribution in [2.75, 3.05) is 13.1 Å². The molecule has 0 saturated heterocycles. The summed E-state index contributed by atoms with van der Waals surface area (Å²) in [5, 5.41) is 7.67. The lowest BCUT2D eigenvalue weighted by Crippen LogP contribution is -2.24. The third-order valence-corrected chi connectivity index (χ3v) is 3.41. The monoisotopic (exact) mass is 207 g/mol. The zero-order valence-corrected chi connectivity index (χ0v) is 9.79. The molecule has 0 spiro atoms. The predicted molar refractivity (Wildman–Crippen MR) is 61.7 cm³/mol. The molecule has 1 aromatic heterocycles. The van der Waals surface area contributed by atoms with Crippen molar-refractivity contribution in [3.8, 4) is 0 Å². The molecular formula is C12H21N3. The summed E-state index contributed by atoms with van der Waals surface area (Å²) in [6, 6.07) is 0. The minimum absolute atomic E-state index is 0.617. The number of aryl methyl sites for hydroxylation is 2. The summed E-state index contributed by atoms with van der Waals surface area (Å²) in [5.41, 5.74) is 1.99. The summed E-state index contributed by atoms with van der Waals surface area (Å²) in [6.07, 6.45) is 9.41. The van der Waals surface area contributed by atoms with Crippen LogP contribution in [0, 0.1) is 5.41 Å². The Labute approximate surface area is 91.9 Å². The molecule has 0 unspecified atom stereocenters. The van der Waals surface area contributed by atoms with Crippen LogP contribution in [0.4, 0.5) is 0 Å². The van der Waals surface area contributed by atoms with E-state index >= 15 is 0 Å². The number of aromatic nitrogens is 2. The van der Waals surface area contributed by atoms with Crippen LogP contribution in [0.3, 0.4) is 0 Å². The van der Waals surface area contributed by atoms with Crippen molar-refractivity contribution < 1.29 is 0 Å². The van der Waals surface area contributed by atoms with Crippen LogP contribution in [-0.4, -0.2) is 22.9 Å². The fourth-order valence-electron chi connectivity index (χ4n) is 2.09. The normalized spacial score (nSPS) is 18.0. The van der Waals surface area contributed by atoms with Gasteiger partial charge in [-0.05, 0) is 43.2 Å². The van der Waals surface area contributed by atoms with E-state index in [9.17, 15) is 0 Å². The maximum atomic E-state index is 4.20. The largest absolute Gasteiger partial charge is 0.316 e. The van der Waals surface area contributed by atoms with Crippen molar-refractivity contribution in [3.05, 3.63) is 18.0 Å². The molecule has 0 amide bonds. The van der Waals surface area contributed by atoms with Crippen molar-refractivity contribution in [1.82, 2.24) is 15.1 Å². The molecule has 0 atom stereocenters. The average Bonchev–Trinajstić information content (AvgIpc) is 2.89. The van der Waals surface area contributed by atoms with Gasteiger partial charge >= 0.3 is 0 Å². The quantitative estimate of drug-likeness (QED) is 0.770. The Bertz CT molecular complexity index is 312. The minimum atomic E-state index is 0.617. The van der Waals surface area contributed by atoms with Gasteiger partial charge in [0.2, 0.25) is 0 Å². The molecule has 1 heterocycles. The van der Waals surface area contributed by atoms with Crippen LogP contribution in [0.15, 0.2) is 12.4 Å². The third kappa shape index (κ3) is 2.81. The molecule has 3 nitrogen and oxygen atoms in total. The molecule has 2 rings (SSSR count). The molecule has 0 aliphatic heterocycles.